The van der Waals surface area contributed by atoms with Crippen molar-refractivity contribution in [1.82, 2.24) is 10.2 Å². The van der Waals surface area contributed by atoms with Crippen LogP contribution in [0.15, 0.2) is 47.0 Å². The van der Waals surface area contributed by atoms with Crippen molar-refractivity contribution in [1.29, 1.82) is 5.26 Å². The van der Waals surface area contributed by atoms with Gasteiger partial charge >= 0.3 is 0 Å². The summed E-state index contributed by atoms with van der Waals surface area (Å²) in [6.07, 6.45) is 4.91. The standard InChI is InChI=1S/C27H33N5O/c1-19-20(2)25(31-30-23(19)16-21-8-6-5-7-9-21)32-14-12-27(18-28,13-15-32)24-11-10-22(17-29-24)26(3,4)33/h5-10,33H,11-17H2,1-4H3. The third-order valence-corrected chi connectivity index (χ3v) is 7.26. The van der Waals surface area contributed by atoms with Crippen molar-refractivity contribution in [3.63, 3.8) is 0 Å². The molecule has 0 amide bonds. The van der Waals surface area contributed by atoms with Crippen molar-refractivity contribution < 1.29 is 5.11 Å². The van der Waals surface area contributed by atoms with Crippen molar-refractivity contribution in [2.45, 2.75) is 59.0 Å². The van der Waals surface area contributed by atoms with Crippen molar-refractivity contribution in [3.05, 3.63) is 64.4 Å². The van der Waals surface area contributed by atoms with Gasteiger partial charge in [-0.05, 0) is 62.8 Å². The van der Waals surface area contributed by atoms with E-state index in [-0.39, 0.29) is 0 Å². The fraction of sp³-hybridized carbons (Fsp3) is 0.481. The second kappa shape index (κ2) is 9.07. The normalized spacial score (nSPS) is 18.4. The minimum absolute atomic E-state index is 0.471. The third kappa shape index (κ3) is 4.69. The molecule has 0 unspecified atom stereocenters. The molecule has 2 aliphatic heterocycles. The van der Waals surface area contributed by atoms with Gasteiger partial charge in [0.2, 0.25) is 0 Å². The first-order valence-corrected chi connectivity index (χ1v) is 11.7. The number of nitrogens with zero attached hydrogens (tertiary/aromatic N) is 5. The van der Waals surface area contributed by atoms with Gasteiger partial charge in [-0.2, -0.15) is 10.4 Å². The Morgan fingerprint density at radius 3 is 2.36 bits per heavy atom. The molecule has 0 spiro atoms. The van der Waals surface area contributed by atoms with E-state index in [2.05, 4.69) is 53.2 Å². The number of anilines is 1. The van der Waals surface area contributed by atoms with Crippen LogP contribution in [0, 0.1) is 30.6 Å². The van der Waals surface area contributed by atoms with Gasteiger partial charge in [-0.1, -0.05) is 36.4 Å². The predicted octanol–water partition coefficient (Wildman–Crippen LogP) is 4.34. The number of allylic oxidation sites excluding steroid dienone is 1. The number of hydrogen-bond donors (Lipinski definition) is 1. The first-order chi connectivity index (χ1) is 15.7. The molecule has 33 heavy (non-hydrogen) atoms. The minimum atomic E-state index is -0.862. The van der Waals surface area contributed by atoms with E-state index in [1.54, 1.807) is 13.8 Å². The second-order valence-corrected chi connectivity index (χ2v) is 9.82. The molecule has 2 aromatic rings. The van der Waals surface area contributed by atoms with E-state index >= 15 is 0 Å². The van der Waals surface area contributed by atoms with Crippen LogP contribution >= 0.6 is 0 Å². The molecule has 6 nitrogen and oxygen atoms in total. The molecule has 2 aliphatic rings. The number of hydrogen-bond acceptors (Lipinski definition) is 6. The van der Waals surface area contributed by atoms with Gasteiger partial charge in [0.05, 0.1) is 29.3 Å². The molecule has 0 atom stereocenters. The molecular formula is C27H33N5O. The second-order valence-electron chi connectivity index (χ2n) is 9.82. The maximum absolute atomic E-state index is 10.2. The van der Waals surface area contributed by atoms with Crippen molar-refractivity contribution in [2.24, 2.45) is 10.4 Å². The van der Waals surface area contributed by atoms with E-state index in [1.165, 1.54) is 11.1 Å². The fourth-order valence-corrected chi connectivity index (χ4v) is 4.78. The summed E-state index contributed by atoms with van der Waals surface area (Å²) in [5.74, 6) is 0.922. The quantitative estimate of drug-likeness (QED) is 0.695. The smallest absolute Gasteiger partial charge is 0.154 e. The summed E-state index contributed by atoms with van der Waals surface area (Å²) in [6.45, 7) is 9.79. The monoisotopic (exact) mass is 443 g/mol. The molecule has 0 bridgehead atoms. The predicted molar refractivity (Wildman–Crippen MR) is 132 cm³/mol. The lowest BCUT2D eigenvalue weighted by atomic mass is 9.73. The molecule has 172 valence electrons. The molecule has 0 aliphatic carbocycles. The van der Waals surface area contributed by atoms with E-state index in [1.807, 2.05) is 18.2 Å². The van der Waals surface area contributed by atoms with E-state index in [9.17, 15) is 10.4 Å². The van der Waals surface area contributed by atoms with Gasteiger partial charge in [0.15, 0.2) is 5.82 Å². The van der Waals surface area contributed by atoms with Crippen molar-refractivity contribution in [2.75, 3.05) is 24.5 Å². The van der Waals surface area contributed by atoms with Crippen molar-refractivity contribution in [3.8, 4) is 6.07 Å². The van der Waals surface area contributed by atoms with Crippen LogP contribution in [0.3, 0.4) is 0 Å². The lowest BCUT2D eigenvalue weighted by Gasteiger charge is -2.40. The van der Waals surface area contributed by atoms with Crippen LogP contribution in [-0.2, 0) is 6.42 Å². The zero-order chi connectivity index (χ0) is 23.6. The highest BCUT2D eigenvalue weighted by molar-refractivity contribution is 5.95. The number of aliphatic imine (C=N–C) groups is 1. The molecule has 4 rings (SSSR count). The zero-order valence-corrected chi connectivity index (χ0v) is 20.1. The Morgan fingerprint density at radius 1 is 1.09 bits per heavy atom. The summed E-state index contributed by atoms with van der Waals surface area (Å²) in [7, 11) is 0. The molecule has 0 radical (unpaired) electrons. The lowest BCUT2D eigenvalue weighted by molar-refractivity contribution is 0.118. The van der Waals surface area contributed by atoms with Gasteiger partial charge in [-0.25, -0.2) is 0 Å². The Labute approximate surface area is 196 Å². The molecule has 1 saturated heterocycles. The Bertz CT molecular complexity index is 1110. The van der Waals surface area contributed by atoms with Crippen LogP contribution in [0.4, 0.5) is 5.82 Å². The van der Waals surface area contributed by atoms with Crippen LogP contribution in [-0.4, -0.2) is 46.3 Å². The van der Waals surface area contributed by atoms with Gasteiger partial charge in [0.25, 0.3) is 0 Å². The van der Waals surface area contributed by atoms with E-state index in [0.29, 0.717) is 13.0 Å². The summed E-state index contributed by atoms with van der Waals surface area (Å²) in [6, 6.07) is 12.9. The number of piperidine rings is 1. The average Bonchev–Trinajstić information content (AvgIpc) is 2.83. The van der Waals surface area contributed by atoms with Crippen LogP contribution in [0.2, 0.25) is 0 Å². The Kier molecular flexibility index (Phi) is 6.36. The van der Waals surface area contributed by atoms with E-state index in [4.69, 9.17) is 4.99 Å². The summed E-state index contributed by atoms with van der Waals surface area (Å²) in [5.41, 5.74) is 5.06. The number of benzene rings is 1. The highest BCUT2D eigenvalue weighted by Crippen LogP contribution is 2.38. The first-order valence-electron chi connectivity index (χ1n) is 11.7. The molecule has 6 heteroatoms. The highest BCUT2D eigenvalue weighted by atomic mass is 16.3. The molecular weight excluding hydrogens is 410 g/mol. The minimum Gasteiger partial charge on any atom is -0.386 e. The van der Waals surface area contributed by atoms with Gasteiger partial charge in [-0.3, -0.25) is 4.99 Å². The largest absolute Gasteiger partial charge is 0.386 e. The maximum atomic E-state index is 10.2. The Balaban J connectivity index is 1.47. The average molecular weight is 444 g/mol. The molecule has 1 N–H and O–H groups in total. The Hall–Kier alpha value is -3.04. The molecule has 3 heterocycles. The number of nitriles is 1. The molecule has 1 aromatic carbocycles. The summed E-state index contributed by atoms with van der Waals surface area (Å²) in [4.78, 5) is 7.01. The highest BCUT2D eigenvalue weighted by Gasteiger charge is 2.41. The summed E-state index contributed by atoms with van der Waals surface area (Å²) in [5, 5.41) is 29.5. The fourth-order valence-electron chi connectivity index (χ4n) is 4.78. The third-order valence-electron chi connectivity index (χ3n) is 7.26. The molecule has 1 aromatic heterocycles. The van der Waals surface area contributed by atoms with Gasteiger partial charge < -0.3 is 10.0 Å². The van der Waals surface area contributed by atoms with E-state index in [0.717, 1.165) is 60.7 Å². The number of dihydropyridines is 1. The van der Waals surface area contributed by atoms with Gasteiger partial charge in [0.1, 0.15) is 0 Å². The summed E-state index contributed by atoms with van der Waals surface area (Å²) < 4.78 is 0. The topological polar surface area (TPSA) is 85.4 Å². The molecule has 0 saturated carbocycles. The summed E-state index contributed by atoms with van der Waals surface area (Å²) >= 11 is 0. The van der Waals surface area contributed by atoms with Crippen LogP contribution < -0.4 is 4.90 Å². The van der Waals surface area contributed by atoms with Crippen LogP contribution in [0.1, 0.15) is 55.5 Å². The van der Waals surface area contributed by atoms with Crippen molar-refractivity contribution >= 4 is 11.5 Å². The van der Waals surface area contributed by atoms with Gasteiger partial charge in [-0.15, -0.1) is 5.10 Å². The number of aromatic nitrogens is 2. The molecule has 1 fully saturated rings. The van der Waals surface area contributed by atoms with Crippen LogP contribution in [0.25, 0.3) is 0 Å². The number of aliphatic hydroxyl groups is 1. The maximum Gasteiger partial charge on any atom is 0.154 e. The lowest BCUT2D eigenvalue weighted by Crippen LogP contribution is -2.45. The van der Waals surface area contributed by atoms with E-state index < -0.39 is 11.0 Å². The number of rotatable bonds is 5. The first kappa shape index (κ1) is 23.1. The Morgan fingerprint density at radius 2 is 1.79 bits per heavy atom. The van der Waals surface area contributed by atoms with Crippen LogP contribution in [0.5, 0.6) is 0 Å². The zero-order valence-electron chi connectivity index (χ0n) is 20.1. The SMILES string of the molecule is Cc1c(Cc2ccccc2)nnc(N2CCC(C#N)(C3=NCC(C(C)(C)O)=CC3)CC2)c1C. The van der Waals surface area contributed by atoms with Gasteiger partial charge in [0, 0.05) is 31.6 Å².